The molecule has 1 aliphatic heterocycles. The van der Waals surface area contributed by atoms with Gasteiger partial charge in [0.25, 0.3) is 0 Å². The summed E-state index contributed by atoms with van der Waals surface area (Å²) < 4.78 is 59.6. The molecule has 0 saturated heterocycles. The van der Waals surface area contributed by atoms with Crippen LogP contribution in [0.25, 0.3) is 0 Å². The van der Waals surface area contributed by atoms with Crippen LogP contribution in [0.3, 0.4) is 0 Å². The van der Waals surface area contributed by atoms with Gasteiger partial charge in [0.1, 0.15) is 10.9 Å². The summed E-state index contributed by atoms with van der Waals surface area (Å²) in [6.07, 6.45) is 0. The summed E-state index contributed by atoms with van der Waals surface area (Å²) in [4.78, 5) is 9.56. The van der Waals surface area contributed by atoms with Crippen molar-refractivity contribution >= 4 is 53.9 Å². The molecule has 0 atom stereocenters. The van der Waals surface area contributed by atoms with Gasteiger partial charge >= 0.3 is 36.4 Å². The van der Waals surface area contributed by atoms with Crippen LogP contribution in [0.2, 0.25) is 0 Å². The Hall–Kier alpha value is -1.67. The second kappa shape index (κ2) is 9.08. The molecule has 0 nitrogen and oxygen atoms in total. The van der Waals surface area contributed by atoms with Crippen LogP contribution in [0, 0.1) is 0 Å². The van der Waals surface area contributed by atoms with Crippen molar-refractivity contribution in [1.29, 1.82) is 0 Å². The summed E-state index contributed by atoms with van der Waals surface area (Å²) in [6.45, 7) is 0. The third-order valence-corrected chi connectivity index (χ3v) is 9.16. The SMILES string of the molecule is [F][Sb-]([F])([F])([F])([F])[F].c1ccc(Sc2ccc([S+]3c4ccccc4Sc4ccccc43)cc2)cc1. The van der Waals surface area contributed by atoms with E-state index in [9.17, 15) is 16.9 Å². The number of hydrogen-bond acceptors (Lipinski definition) is 2. The van der Waals surface area contributed by atoms with Gasteiger partial charge in [-0.3, -0.25) is 0 Å². The number of rotatable bonds is 3. The first-order valence-corrected chi connectivity index (χ1v) is 18.5. The van der Waals surface area contributed by atoms with E-state index in [4.69, 9.17) is 0 Å². The molecule has 10 heteroatoms. The minimum Gasteiger partial charge on any atom is -0.0901 e. The Balaban J connectivity index is 0.000000344. The summed E-state index contributed by atoms with van der Waals surface area (Å²) in [6, 6.07) is 37.3. The van der Waals surface area contributed by atoms with Gasteiger partial charge in [-0.1, -0.05) is 66.0 Å². The Morgan fingerprint density at radius 1 is 0.529 bits per heavy atom. The third kappa shape index (κ3) is 7.67. The van der Waals surface area contributed by atoms with Gasteiger partial charge in [0.2, 0.25) is 0 Å². The molecule has 0 radical (unpaired) electrons. The third-order valence-electron chi connectivity index (χ3n) is 4.40. The molecule has 0 spiro atoms. The topological polar surface area (TPSA) is 0 Å². The van der Waals surface area contributed by atoms with Crippen molar-refractivity contribution < 1.29 is 16.9 Å². The summed E-state index contributed by atoms with van der Waals surface area (Å²) in [5, 5.41) is 0. The molecule has 34 heavy (non-hydrogen) atoms. The average Bonchev–Trinajstić information content (AvgIpc) is 2.77. The molecule has 5 rings (SSSR count). The Morgan fingerprint density at radius 3 is 1.44 bits per heavy atom. The maximum atomic E-state index is 9.93. The van der Waals surface area contributed by atoms with Crippen LogP contribution in [-0.2, 0) is 10.9 Å². The normalized spacial score (nSPS) is 15.1. The fourth-order valence-electron chi connectivity index (χ4n) is 3.17. The molecule has 0 bridgehead atoms. The van der Waals surface area contributed by atoms with E-state index in [0.29, 0.717) is 0 Å². The number of benzene rings is 4. The van der Waals surface area contributed by atoms with E-state index in [1.807, 2.05) is 23.5 Å². The number of halogens is 6. The minimum absolute atomic E-state index is 0.0427. The summed E-state index contributed by atoms with van der Waals surface area (Å²) in [5.74, 6) is 0. The molecule has 0 N–H and O–H groups in total. The zero-order valence-corrected chi connectivity index (χ0v) is 22.3. The van der Waals surface area contributed by atoms with Crippen LogP contribution >= 0.6 is 23.5 Å². The zero-order valence-electron chi connectivity index (χ0n) is 17.3. The standard InChI is InChI=1S/C24H17S3.6FH.Sb/c1-2-8-18(9-3-1)25-19-14-16-20(17-15-19)27-23-12-6-4-10-21(23)26-22-11-5-7-13-24(22)27;;;;;;;/h1-17H;6*1H;/q+1;;;;;;;+5/p-6. The molecule has 0 unspecified atom stereocenters. The van der Waals surface area contributed by atoms with Crippen molar-refractivity contribution in [2.24, 2.45) is 0 Å². The average molecular weight is 637 g/mol. The summed E-state index contributed by atoms with van der Waals surface area (Å²) in [7, 11) is -0.0427. The van der Waals surface area contributed by atoms with Crippen molar-refractivity contribution in [3.63, 3.8) is 0 Å². The number of fused-ring (bicyclic) bond motifs is 2. The van der Waals surface area contributed by atoms with Crippen LogP contribution in [-0.4, -0.2) is 19.5 Å². The molecule has 0 amide bonds. The zero-order chi connectivity index (χ0) is 24.5. The quantitative estimate of drug-likeness (QED) is 0.110. The maximum Gasteiger partial charge on any atom is 0.180 e. The van der Waals surface area contributed by atoms with Crippen molar-refractivity contribution in [3.8, 4) is 0 Å². The van der Waals surface area contributed by atoms with Gasteiger partial charge in [-0.05, 0) is 60.7 Å². The van der Waals surface area contributed by atoms with E-state index in [-0.39, 0.29) is 10.9 Å². The molecule has 0 aliphatic carbocycles. The molecular weight excluding hydrogens is 620 g/mol. The van der Waals surface area contributed by atoms with Gasteiger partial charge in [0.15, 0.2) is 14.7 Å². The predicted molar refractivity (Wildman–Crippen MR) is 129 cm³/mol. The van der Waals surface area contributed by atoms with Gasteiger partial charge in [-0.2, -0.15) is 0 Å². The fourth-order valence-corrected chi connectivity index (χ4v) is 7.74. The van der Waals surface area contributed by atoms with E-state index in [1.165, 1.54) is 34.3 Å². The Labute approximate surface area is 207 Å². The minimum atomic E-state index is -11.2. The first kappa shape index (κ1) is 25.4. The van der Waals surface area contributed by atoms with Crippen LogP contribution in [0.5, 0.6) is 0 Å². The van der Waals surface area contributed by atoms with Gasteiger partial charge in [0.05, 0.1) is 9.79 Å². The van der Waals surface area contributed by atoms with Crippen LogP contribution in [0.4, 0.5) is 16.9 Å². The van der Waals surface area contributed by atoms with Gasteiger partial charge in [-0.15, -0.1) is 0 Å². The fraction of sp³-hybridized carbons (Fsp3) is 0. The van der Waals surface area contributed by atoms with Crippen LogP contribution in [0.1, 0.15) is 0 Å². The molecule has 1 heterocycles. The van der Waals surface area contributed by atoms with Crippen molar-refractivity contribution in [3.05, 3.63) is 103 Å². The van der Waals surface area contributed by atoms with E-state index in [1.54, 1.807) is 0 Å². The van der Waals surface area contributed by atoms with Crippen molar-refractivity contribution in [2.45, 2.75) is 34.3 Å². The second-order valence-electron chi connectivity index (χ2n) is 7.15. The Kier molecular flexibility index (Phi) is 6.79. The predicted octanol–water partition coefficient (Wildman–Crippen LogP) is 9.54. The largest absolute Gasteiger partial charge is 0.180 e. The monoisotopic (exact) mass is 636 g/mol. The van der Waals surface area contributed by atoms with E-state index in [0.717, 1.165) is 0 Å². The first-order valence-electron chi connectivity index (χ1n) is 9.83. The van der Waals surface area contributed by atoms with Gasteiger partial charge in [-0.25, -0.2) is 0 Å². The Morgan fingerprint density at radius 2 is 0.941 bits per heavy atom. The summed E-state index contributed by atoms with van der Waals surface area (Å²) in [5.41, 5.74) is 0. The molecule has 0 saturated carbocycles. The van der Waals surface area contributed by atoms with E-state index >= 15 is 0 Å². The smallest absolute Gasteiger partial charge is 0.0901 e. The summed E-state index contributed by atoms with van der Waals surface area (Å²) >= 11 is -7.55. The van der Waals surface area contributed by atoms with Crippen LogP contribution in [0.15, 0.2) is 137 Å². The maximum absolute atomic E-state index is 11.2. The first-order chi connectivity index (χ1) is 15.8. The molecule has 178 valence electrons. The van der Waals surface area contributed by atoms with Crippen molar-refractivity contribution in [1.82, 2.24) is 0 Å². The molecule has 4 aromatic rings. The molecular formula is C24H17F6S3Sb. The molecule has 1 aliphatic rings. The second-order valence-corrected chi connectivity index (χ2v) is 16.8. The molecule has 0 aromatic heterocycles. The van der Waals surface area contributed by atoms with E-state index < -0.39 is 19.5 Å². The number of hydrogen-bond donors (Lipinski definition) is 0. The molecule has 0 fully saturated rings. The molecule has 4 aromatic carbocycles. The van der Waals surface area contributed by atoms with Crippen molar-refractivity contribution in [2.75, 3.05) is 0 Å². The van der Waals surface area contributed by atoms with Crippen LogP contribution < -0.4 is 0 Å². The Bertz CT molecular complexity index is 1240. The van der Waals surface area contributed by atoms with E-state index in [2.05, 4.69) is 103 Å². The van der Waals surface area contributed by atoms with Gasteiger partial charge < -0.3 is 0 Å². The van der Waals surface area contributed by atoms with Gasteiger partial charge in [0, 0.05) is 9.79 Å².